The molecule has 1 rings (SSSR count). The van der Waals surface area contributed by atoms with Gasteiger partial charge in [0.15, 0.2) is 0 Å². The van der Waals surface area contributed by atoms with Gasteiger partial charge in [-0.1, -0.05) is 12.1 Å². The van der Waals surface area contributed by atoms with Crippen molar-refractivity contribution in [3.05, 3.63) is 29.8 Å². The van der Waals surface area contributed by atoms with E-state index in [0.29, 0.717) is 0 Å². The van der Waals surface area contributed by atoms with Crippen molar-refractivity contribution >= 4 is 35.6 Å². The molecule has 12 nitrogen and oxygen atoms in total. The predicted molar refractivity (Wildman–Crippen MR) is 106 cm³/mol. The van der Waals surface area contributed by atoms with Gasteiger partial charge in [0.05, 0.1) is 23.9 Å². The third-order valence-electron chi connectivity index (χ3n) is 4.37. The van der Waals surface area contributed by atoms with Gasteiger partial charge in [0.25, 0.3) is 0 Å². The number of nitrogens with zero attached hydrogens (tertiary/aromatic N) is 4. The Bertz CT molecular complexity index is 843. The average Bonchev–Trinajstić information content (AvgIpc) is 2.69. The molecule has 33 heavy (non-hydrogen) atoms. The summed E-state index contributed by atoms with van der Waals surface area (Å²) in [6.07, 6.45) is 0. The van der Waals surface area contributed by atoms with Crippen molar-refractivity contribution in [1.29, 1.82) is 5.26 Å². The van der Waals surface area contributed by atoms with Crippen LogP contribution in [0.2, 0.25) is 0 Å². The number of hydrogen-bond donors (Lipinski definition) is 0. The molecule has 0 saturated heterocycles. The quantitative estimate of drug-likeness (QED) is 0.152. The van der Waals surface area contributed by atoms with Crippen molar-refractivity contribution < 1.29 is 39.6 Å². The standard InChI is InChI=1S/C20H26N4O8S/c21-14-33-16-3-1-15(2-4-16)9-23(11-18(27)28)7-5-22(10-17(25)26)6-8-24(12-19(29)30)13-20(31)32/h1-4H,5-13H2,(H,25,26)(H,27,28)(H,29,30)(H,31,32)/p-4. The summed E-state index contributed by atoms with van der Waals surface area (Å²) in [4.78, 5) is 48.5. The summed E-state index contributed by atoms with van der Waals surface area (Å²) in [5.74, 6) is -5.73. The van der Waals surface area contributed by atoms with Crippen LogP contribution < -0.4 is 20.4 Å². The summed E-state index contributed by atoms with van der Waals surface area (Å²) in [7, 11) is 0. The molecular formula is C20H22N4O8S-4. The highest BCUT2D eigenvalue weighted by molar-refractivity contribution is 8.03. The molecule has 0 atom stereocenters. The van der Waals surface area contributed by atoms with Gasteiger partial charge < -0.3 is 39.6 Å². The van der Waals surface area contributed by atoms with Crippen LogP contribution in [0.25, 0.3) is 0 Å². The molecule has 1 aromatic carbocycles. The molecule has 0 N–H and O–H groups in total. The van der Waals surface area contributed by atoms with Crippen LogP contribution in [-0.4, -0.2) is 90.9 Å². The zero-order chi connectivity index (χ0) is 24.8. The Morgan fingerprint density at radius 2 is 1.09 bits per heavy atom. The second-order valence-corrected chi connectivity index (χ2v) is 7.88. The third-order valence-corrected chi connectivity index (χ3v) is 4.97. The van der Waals surface area contributed by atoms with Crippen molar-refractivity contribution in [3.63, 3.8) is 0 Å². The monoisotopic (exact) mass is 478 g/mol. The number of rotatable bonds is 17. The van der Waals surface area contributed by atoms with E-state index < -0.39 is 50.1 Å². The minimum Gasteiger partial charge on any atom is -0.549 e. The van der Waals surface area contributed by atoms with E-state index in [4.69, 9.17) is 5.26 Å². The van der Waals surface area contributed by atoms with Gasteiger partial charge >= 0.3 is 0 Å². The predicted octanol–water partition coefficient (Wildman–Crippen LogP) is -5.33. The molecule has 0 spiro atoms. The Balaban J connectivity index is 2.79. The van der Waals surface area contributed by atoms with E-state index in [1.54, 1.807) is 24.3 Å². The lowest BCUT2D eigenvalue weighted by Gasteiger charge is -2.30. The molecular weight excluding hydrogens is 456 g/mol. The number of hydrogen-bond acceptors (Lipinski definition) is 13. The molecule has 0 bridgehead atoms. The van der Waals surface area contributed by atoms with E-state index in [9.17, 15) is 39.6 Å². The van der Waals surface area contributed by atoms with Gasteiger partial charge in [-0.25, -0.2) is 0 Å². The van der Waals surface area contributed by atoms with Crippen molar-refractivity contribution in [2.45, 2.75) is 11.4 Å². The number of carbonyl (C=O) groups is 4. The maximum Gasteiger partial charge on any atom is 0.138 e. The molecule has 0 fully saturated rings. The molecule has 0 radical (unpaired) electrons. The largest absolute Gasteiger partial charge is 0.549 e. The van der Waals surface area contributed by atoms with E-state index in [0.717, 1.165) is 27.1 Å². The van der Waals surface area contributed by atoms with Gasteiger partial charge in [0.1, 0.15) is 5.40 Å². The average molecular weight is 478 g/mol. The van der Waals surface area contributed by atoms with Crippen molar-refractivity contribution in [2.75, 3.05) is 52.4 Å². The Labute approximate surface area is 194 Å². The number of benzene rings is 1. The normalized spacial score (nSPS) is 11.0. The fourth-order valence-electron chi connectivity index (χ4n) is 2.97. The highest BCUT2D eigenvalue weighted by Gasteiger charge is 2.13. The SMILES string of the molecule is N#CSc1ccc(CN(CCN(CCN(CC(=O)[O-])CC(=O)[O-])CC(=O)[O-])CC(=O)[O-])cc1. The van der Waals surface area contributed by atoms with E-state index in [-0.39, 0.29) is 32.7 Å². The summed E-state index contributed by atoms with van der Waals surface area (Å²) in [6.45, 7) is -2.01. The van der Waals surface area contributed by atoms with Crippen LogP contribution >= 0.6 is 11.8 Å². The molecule has 0 aliphatic rings. The maximum atomic E-state index is 11.1. The summed E-state index contributed by atoms with van der Waals surface area (Å²) >= 11 is 0.983. The van der Waals surface area contributed by atoms with E-state index in [2.05, 4.69) is 0 Å². The van der Waals surface area contributed by atoms with Crippen LogP contribution in [0.5, 0.6) is 0 Å². The minimum absolute atomic E-state index is 0.0201. The van der Waals surface area contributed by atoms with Crippen molar-refractivity contribution in [3.8, 4) is 5.40 Å². The zero-order valence-corrected chi connectivity index (χ0v) is 18.5. The first-order valence-corrected chi connectivity index (χ1v) is 10.5. The van der Waals surface area contributed by atoms with Gasteiger partial charge in [0, 0.05) is 63.8 Å². The fourth-order valence-corrected chi connectivity index (χ4v) is 3.35. The summed E-state index contributed by atoms with van der Waals surface area (Å²) in [5, 5.41) is 54.5. The number of carboxylic acids is 4. The van der Waals surface area contributed by atoms with Gasteiger partial charge in [-0.2, -0.15) is 5.26 Å². The maximum absolute atomic E-state index is 11.1. The molecule has 13 heteroatoms. The summed E-state index contributed by atoms with van der Waals surface area (Å²) < 4.78 is 0. The third kappa shape index (κ3) is 13.1. The molecule has 180 valence electrons. The summed E-state index contributed by atoms with van der Waals surface area (Å²) in [6, 6.07) is 6.90. The zero-order valence-electron chi connectivity index (χ0n) is 17.6. The smallest absolute Gasteiger partial charge is 0.138 e. The first kappa shape index (κ1) is 27.9. The van der Waals surface area contributed by atoms with E-state index in [1.807, 2.05) is 5.40 Å². The molecule has 0 aliphatic heterocycles. The molecule has 0 aliphatic carbocycles. The highest BCUT2D eigenvalue weighted by atomic mass is 32.2. The number of thiocyanates is 1. The van der Waals surface area contributed by atoms with E-state index >= 15 is 0 Å². The fraction of sp³-hybridized carbons (Fsp3) is 0.450. The first-order chi connectivity index (χ1) is 15.6. The van der Waals surface area contributed by atoms with Crippen LogP contribution in [0.4, 0.5) is 0 Å². The molecule has 0 unspecified atom stereocenters. The van der Waals surface area contributed by atoms with E-state index in [1.165, 1.54) is 9.80 Å². The Hall–Kier alpha value is -3.18. The number of aliphatic carboxylic acids is 4. The molecule has 0 heterocycles. The van der Waals surface area contributed by atoms with Crippen LogP contribution in [0, 0.1) is 10.7 Å². The van der Waals surface area contributed by atoms with Crippen molar-refractivity contribution in [2.24, 2.45) is 0 Å². The lowest BCUT2D eigenvalue weighted by atomic mass is 10.2. The molecule has 0 amide bonds. The molecule has 0 saturated carbocycles. The minimum atomic E-state index is -1.50. The van der Waals surface area contributed by atoms with Crippen LogP contribution in [-0.2, 0) is 25.7 Å². The van der Waals surface area contributed by atoms with Crippen molar-refractivity contribution in [1.82, 2.24) is 14.7 Å². The lowest BCUT2D eigenvalue weighted by molar-refractivity contribution is -0.311. The van der Waals surface area contributed by atoms with Gasteiger partial charge in [-0.15, -0.1) is 0 Å². The number of nitriles is 1. The topological polar surface area (TPSA) is 194 Å². The second-order valence-electron chi connectivity index (χ2n) is 7.02. The second kappa shape index (κ2) is 14.8. The first-order valence-electron chi connectivity index (χ1n) is 9.70. The van der Waals surface area contributed by atoms with Gasteiger partial charge in [0.2, 0.25) is 0 Å². The Morgan fingerprint density at radius 3 is 1.55 bits per heavy atom. The molecule has 0 aromatic heterocycles. The Kier molecular flexibility index (Phi) is 12.5. The number of carboxylic acid groups (broad SMARTS) is 4. The Morgan fingerprint density at radius 1 is 0.697 bits per heavy atom. The lowest BCUT2D eigenvalue weighted by Crippen LogP contribution is -2.49. The number of thioether (sulfide) groups is 1. The highest BCUT2D eigenvalue weighted by Crippen LogP contribution is 2.17. The van der Waals surface area contributed by atoms with Crippen LogP contribution in [0.1, 0.15) is 5.56 Å². The van der Waals surface area contributed by atoms with Crippen LogP contribution in [0.15, 0.2) is 29.2 Å². The van der Waals surface area contributed by atoms with Crippen LogP contribution in [0.3, 0.4) is 0 Å². The molecule has 1 aromatic rings. The van der Waals surface area contributed by atoms with Gasteiger partial charge in [-0.3, -0.25) is 14.7 Å². The van der Waals surface area contributed by atoms with Gasteiger partial charge in [-0.05, 0) is 29.5 Å². The summed E-state index contributed by atoms with van der Waals surface area (Å²) in [5.41, 5.74) is 0.763. The number of carbonyl (C=O) groups excluding carboxylic acids is 4.